The summed E-state index contributed by atoms with van der Waals surface area (Å²) in [6.07, 6.45) is 1.75. The van der Waals surface area contributed by atoms with Gasteiger partial charge in [-0.15, -0.1) is 0 Å². The van der Waals surface area contributed by atoms with E-state index in [-0.39, 0.29) is 5.54 Å². The van der Waals surface area contributed by atoms with Crippen LogP contribution in [0.2, 0.25) is 0 Å². The number of anilines is 1. The minimum Gasteiger partial charge on any atom is -0.384 e. The molecule has 4 rings (SSSR count). The summed E-state index contributed by atoms with van der Waals surface area (Å²) in [6, 6.07) is 12.5. The van der Waals surface area contributed by atoms with Crippen LogP contribution < -0.4 is 5.32 Å². The lowest BCUT2D eigenvalue weighted by molar-refractivity contribution is 0.225. The molecule has 0 amide bonds. The zero-order valence-electron chi connectivity index (χ0n) is 12.6. The molecular formula is C19H19NO. The molecule has 2 aromatic rings. The van der Waals surface area contributed by atoms with Crippen LogP contribution in [0.5, 0.6) is 0 Å². The van der Waals surface area contributed by atoms with E-state index in [2.05, 4.69) is 50.4 Å². The minimum absolute atomic E-state index is 0.0538. The van der Waals surface area contributed by atoms with E-state index in [4.69, 9.17) is 0 Å². The second kappa shape index (κ2) is 3.99. The van der Waals surface area contributed by atoms with Crippen molar-refractivity contribution in [2.45, 2.75) is 32.4 Å². The molecule has 106 valence electrons. The summed E-state index contributed by atoms with van der Waals surface area (Å²) in [5.74, 6) is 0. The van der Waals surface area contributed by atoms with Crippen LogP contribution in [0.1, 0.15) is 43.6 Å². The van der Waals surface area contributed by atoms with E-state index >= 15 is 0 Å². The van der Waals surface area contributed by atoms with Crippen molar-refractivity contribution in [1.82, 2.24) is 0 Å². The lowest BCUT2D eigenvalue weighted by Crippen LogP contribution is -2.31. The third kappa shape index (κ3) is 1.76. The molecule has 2 aromatic carbocycles. The van der Waals surface area contributed by atoms with Crippen molar-refractivity contribution in [3.8, 4) is 11.1 Å². The second-order valence-corrected chi connectivity index (χ2v) is 6.65. The Kier molecular flexibility index (Phi) is 2.40. The van der Waals surface area contributed by atoms with E-state index in [0.29, 0.717) is 0 Å². The fraction of sp³-hybridized carbons (Fsp3) is 0.263. The van der Waals surface area contributed by atoms with Gasteiger partial charge in [-0.2, -0.15) is 0 Å². The minimum atomic E-state index is -0.516. The Hall–Kier alpha value is -2.06. The lowest BCUT2D eigenvalue weighted by atomic mass is 9.88. The number of fused-ring (bicyclic) bond motifs is 4. The monoisotopic (exact) mass is 277 g/mol. The maximum atomic E-state index is 10.6. The first-order valence-electron chi connectivity index (χ1n) is 7.39. The summed E-state index contributed by atoms with van der Waals surface area (Å²) >= 11 is 0. The predicted molar refractivity (Wildman–Crippen MR) is 87.3 cm³/mol. The van der Waals surface area contributed by atoms with Gasteiger partial charge in [0.05, 0.1) is 5.54 Å². The highest BCUT2D eigenvalue weighted by molar-refractivity contribution is 5.88. The molecule has 0 saturated carbocycles. The number of allylic oxidation sites excluding steroid dienone is 1. The molecule has 2 N–H and O–H groups in total. The SMILES string of the molecule is CC1=CC(C)(C)Nc2cc3c(cc21)-c1ccccc1C3O. The van der Waals surface area contributed by atoms with Crippen LogP contribution in [-0.4, -0.2) is 10.6 Å². The molecule has 2 heteroatoms. The van der Waals surface area contributed by atoms with Crippen molar-refractivity contribution < 1.29 is 5.11 Å². The van der Waals surface area contributed by atoms with Crippen molar-refractivity contribution in [1.29, 1.82) is 0 Å². The number of aliphatic hydroxyl groups excluding tert-OH is 1. The summed E-state index contributed by atoms with van der Waals surface area (Å²) in [4.78, 5) is 0. The summed E-state index contributed by atoms with van der Waals surface area (Å²) < 4.78 is 0. The molecule has 0 radical (unpaired) electrons. The van der Waals surface area contributed by atoms with Crippen LogP contribution in [0.3, 0.4) is 0 Å². The summed E-state index contributed by atoms with van der Waals surface area (Å²) in [6.45, 7) is 6.49. The molecule has 1 atom stereocenters. The van der Waals surface area contributed by atoms with Crippen LogP contribution in [-0.2, 0) is 0 Å². The highest BCUT2D eigenvalue weighted by Crippen LogP contribution is 2.47. The standard InChI is InChI=1S/C19H19NO/c1-11-10-19(2,3)20-17-9-16-15(8-14(11)17)12-6-4-5-7-13(12)18(16)21/h4-10,18,20-21H,1-3H3. The van der Waals surface area contributed by atoms with E-state index < -0.39 is 6.10 Å². The van der Waals surface area contributed by atoms with Gasteiger partial charge in [-0.25, -0.2) is 0 Å². The summed E-state index contributed by atoms with van der Waals surface area (Å²) in [5.41, 5.74) is 7.91. The number of hydrogen-bond donors (Lipinski definition) is 2. The molecule has 1 unspecified atom stereocenters. The van der Waals surface area contributed by atoms with Gasteiger partial charge in [0.2, 0.25) is 0 Å². The Labute approximate surface area is 125 Å². The Balaban J connectivity index is 1.96. The van der Waals surface area contributed by atoms with Crippen molar-refractivity contribution in [3.63, 3.8) is 0 Å². The van der Waals surface area contributed by atoms with E-state index in [0.717, 1.165) is 27.9 Å². The van der Waals surface area contributed by atoms with Gasteiger partial charge in [-0.05, 0) is 60.7 Å². The van der Waals surface area contributed by atoms with Crippen molar-refractivity contribution in [2.24, 2.45) is 0 Å². The molecule has 0 bridgehead atoms. The van der Waals surface area contributed by atoms with E-state index in [9.17, 15) is 5.11 Å². The van der Waals surface area contributed by atoms with Crippen LogP contribution in [0, 0.1) is 0 Å². The molecule has 0 fully saturated rings. The molecule has 1 aliphatic carbocycles. The predicted octanol–water partition coefficient (Wildman–Crippen LogP) is 4.36. The third-order valence-electron chi connectivity index (χ3n) is 4.49. The number of nitrogens with one attached hydrogen (secondary N) is 1. The van der Waals surface area contributed by atoms with E-state index in [1.54, 1.807) is 0 Å². The van der Waals surface area contributed by atoms with E-state index in [1.807, 2.05) is 18.2 Å². The van der Waals surface area contributed by atoms with Gasteiger partial charge < -0.3 is 10.4 Å². The molecule has 0 saturated heterocycles. The molecule has 21 heavy (non-hydrogen) atoms. The molecule has 2 nitrogen and oxygen atoms in total. The van der Waals surface area contributed by atoms with Crippen molar-refractivity contribution in [3.05, 3.63) is 59.2 Å². The second-order valence-electron chi connectivity index (χ2n) is 6.65. The third-order valence-corrected chi connectivity index (χ3v) is 4.49. The van der Waals surface area contributed by atoms with E-state index in [1.165, 1.54) is 11.1 Å². The molecule has 0 spiro atoms. The van der Waals surface area contributed by atoms with Gasteiger partial charge in [0.1, 0.15) is 6.10 Å². The van der Waals surface area contributed by atoms with Crippen LogP contribution in [0.15, 0.2) is 42.5 Å². The molecular weight excluding hydrogens is 258 g/mol. The summed E-state index contributed by atoms with van der Waals surface area (Å²) in [5, 5.41) is 14.1. The molecule has 0 aromatic heterocycles. The Morgan fingerprint density at radius 3 is 2.57 bits per heavy atom. The number of rotatable bonds is 0. The largest absolute Gasteiger partial charge is 0.384 e. The Morgan fingerprint density at radius 1 is 1.00 bits per heavy atom. The molecule has 2 aliphatic rings. The van der Waals surface area contributed by atoms with Gasteiger partial charge in [0.25, 0.3) is 0 Å². The lowest BCUT2D eigenvalue weighted by Gasteiger charge is -2.32. The first-order valence-corrected chi connectivity index (χ1v) is 7.39. The zero-order chi connectivity index (χ0) is 14.8. The Morgan fingerprint density at radius 2 is 1.76 bits per heavy atom. The number of benzene rings is 2. The Bertz CT molecular complexity index is 786. The maximum Gasteiger partial charge on any atom is 0.105 e. The average molecular weight is 277 g/mol. The summed E-state index contributed by atoms with van der Waals surface area (Å²) in [7, 11) is 0. The smallest absolute Gasteiger partial charge is 0.105 e. The van der Waals surface area contributed by atoms with Gasteiger partial charge >= 0.3 is 0 Å². The number of aliphatic hydroxyl groups is 1. The van der Waals surface area contributed by atoms with Gasteiger partial charge in [-0.3, -0.25) is 0 Å². The maximum absolute atomic E-state index is 10.6. The van der Waals surface area contributed by atoms with Crippen LogP contribution in [0.4, 0.5) is 5.69 Å². The van der Waals surface area contributed by atoms with Crippen molar-refractivity contribution >= 4 is 11.3 Å². The fourth-order valence-electron chi connectivity index (χ4n) is 3.66. The highest BCUT2D eigenvalue weighted by Gasteiger charge is 2.30. The van der Waals surface area contributed by atoms with Crippen LogP contribution >= 0.6 is 0 Å². The first kappa shape index (κ1) is 12.7. The normalized spacial score (nSPS) is 21.0. The molecule has 1 aliphatic heterocycles. The van der Waals surface area contributed by atoms with Gasteiger partial charge in [-0.1, -0.05) is 30.3 Å². The van der Waals surface area contributed by atoms with Gasteiger partial charge in [0, 0.05) is 11.3 Å². The van der Waals surface area contributed by atoms with Crippen molar-refractivity contribution in [2.75, 3.05) is 5.32 Å². The van der Waals surface area contributed by atoms with Crippen LogP contribution in [0.25, 0.3) is 16.7 Å². The first-order chi connectivity index (χ1) is 9.96. The quantitative estimate of drug-likeness (QED) is 0.750. The average Bonchev–Trinajstić information content (AvgIpc) is 2.70. The fourth-order valence-corrected chi connectivity index (χ4v) is 3.66. The topological polar surface area (TPSA) is 32.3 Å². The zero-order valence-corrected chi connectivity index (χ0v) is 12.6. The highest BCUT2D eigenvalue weighted by atomic mass is 16.3. The molecule has 1 heterocycles. The number of hydrogen-bond acceptors (Lipinski definition) is 2. The van der Waals surface area contributed by atoms with Gasteiger partial charge in [0.15, 0.2) is 0 Å².